The number of Topliss-reactive ketones (excluding diaryl/α,β-unsaturated/α-hetero) is 2. The van der Waals surface area contributed by atoms with Crippen molar-refractivity contribution in [3.8, 4) is 22.6 Å². The molecule has 4 atom stereocenters. The van der Waals surface area contributed by atoms with Gasteiger partial charge in [0.25, 0.3) is 0 Å². The van der Waals surface area contributed by atoms with Crippen LogP contribution in [-0.4, -0.2) is 106 Å². The summed E-state index contributed by atoms with van der Waals surface area (Å²) in [5.74, 6) is -2.32. The number of hydrogen-bond acceptors (Lipinski definition) is 12. The number of likely N-dealkylation sites (tertiary alicyclic amines) is 1. The van der Waals surface area contributed by atoms with Gasteiger partial charge in [-0.3, -0.25) is 28.8 Å². The molecule has 1 N–H and O–H groups in total. The summed E-state index contributed by atoms with van der Waals surface area (Å²) in [4.78, 5) is 85.7. The van der Waals surface area contributed by atoms with Gasteiger partial charge in [-0.1, -0.05) is 153 Å². The SMILES string of the molecule is CCC(=O)CCC(=O)O[C@@H]1C[C@@H](C(=O)CCCOCCOC(c2ccccc2)(c2ccc(OC)cc2)c2ccc(OC)cc2)N(C(=O)[C@H](Cc2cccc(I)c2)NC(=O)[C@@H](CC(=O)OCC2c3ccccc3-c3ccccc32)Cc2ccccc2)C1. The van der Waals surface area contributed by atoms with E-state index in [1.54, 1.807) is 21.1 Å². The first-order valence-corrected chi connectivity index (χ1v) is 30.5. The van der Waals surface area contributed by atoms with E-state index in [1.165, 1.54) is 4.90 Å². The van der Waals surface area contributed by atoms with Crippen molar-refractivity contribution in [2.45, 2.75) is 94.4 Å². The minimum atomic E-state index is -1.20. The van der Waals surface area contributed by atoms with Crippen LogP contribution in [0.3, 0.4) is 0 Å². The lowest BCUT2D eigenvalue weighted by molar-refractivity contribution is -0.150. The van der Waals surface area contributed by atoms with Crippen LogP contribution >= 0.6 is 22.6 Å². The van der Waals surface area contributed by atoms with E-state index in [0.717, 1.165) is 53.6 Å². The topological polar surface area (TPSA) is 173 Å². The van der Waals surface area contributed by atoms with Gasteiger partial charge >= 0.3 is 11.9 Å². The van der Waals surface area contributed by atoms with Crippen LogP contribution in [0.1, 0.15) is 96.7 Å². The van der Waals surface area contributed by atoms with Crippen molar-refractivity contribution in [2.75, 3.05) is 47.2 Å². The molecule has 0 radical (unpaired) electrons. The highest BCUT2D eigenvalue weighted by molar-refractivity contribution is 14.1. The van der Waals surface area contributed by atoms with Gasteiger partial charge in [0, 0.05) is 48.2 Å². The molecular weight excluding hydrogens is 1200 g/mol. The number of carbonyl (C=O) groups is 6. The van der Waals surface area contributed by atoms with Crippen molar-refractivity contribution in [3.05, 3.63) is 225 Å². The highest BCUT2D eigenvalue weighted by atomic mass is 127. The van der Waals surface area contributed by atoms with Crippen molar-refractivity contribution in [1.82, 2.24) is 10.2 Å². The first-order valence-electron chi connectivity index (χ1n) is 29.4. The minimum Gasteiger partial charge on any atom is -0.497 e. The van der Waals surface area contributed by atoms with Crippen LogP contribution in [0.25, 0.3) is 11.1 Å². The summed E-state index contributed by atoms with van der Waals surface area (Å²) in [6, 6.07) is 56.3. The predicted molar refractivity (Wildman–Crippen MR) is 336 cm³/mol. The third kappa shape index (κ3) is 15.7. The lowest BCUT2D eigenvalue weighted by atomic mass is 9.80. The molecule has 446 valence electrons. The van der Waals surface area contributed by atoms with Crippen molar-refractivity contribution in [3.63, 3.8) is 0 Å². The Balaban J connectivity index is 0.903. The lowest BCUT2D eigenvalue weighted by Gasteiger charge is -2.36. The Labute approximate surface area is 517 Å². The molecule has 0 saturated carbocycles. The van der Waals surface area contributed by atoms with Crippen molar-refractivity contribution >= 4 is 57.9 Å². The smallest absolute Gasteiger partial charge is 0.306 e. The standard InChI is InChI=1S/C71H73IN2O12/c1-4-55(75)32-37-67(77)86-58-45-65(66(76)27-16-38-83-39-40-85-71(51-20-9-6-10-21-51,52-28-33-56(81-2)34-29-52)53-30-35-57(82-3)36-31-53)74(46-58)70(80)64(43-49-19-15-22-54(72)42-49)73-69(79)50(41-48-17-7-5-8-18-48)44-68(78)84-47-63-61-25-13-11-23-59(61)60-24-12-14-26-62(60)63/h5-15,17-26,28-31,33-36,42,50,58,63-65H,4,16,27,32,37-41,43-47H2,1-3H3,(H,73,79)/t50-,58-,64+,65+/m1/s1. The van der Waals surface area contributed by atoms with Gasteiger partial charge in [-0.25, -0.2) is 0 Å². The van der Waals surface area contributed by atoms with Crippen LogP contribution in [0.2, 0.25) is 0 Å². The molecule has 2 amide bonds. The number of nitrogens with zero attached hydrogens (tertiary/aromatic N) is 1. The summed E-state index contributed by atoms with van der Waals surface area (Å²) in [7, 11) is 3.24. The van der Waals surface area contributed by atoms with Gasteiger partial charge in [-0.05, 0) is 122 Å². The number of ether oxygens (including phenoxy) is 6. The second-order valence-corrected chi connectivity index (χ2v) is 22.9. The number of amides is 2. The number of carbonyl (C=O) groups excluding carboxylic acids is 6. The van der Waals surface area contributed by atoms with E-state index in [4.69, 9.17) is 28.4 Å². The Morgan fingerprint density at radius 2 is 1.22 bits per heavy atom. The Morgan fingerprint density at radius 1 is 0.628 bits per heavy atom. The number of hydrogen-bond donors (Lipinski definition) is 1. The normalized spacial score (nSPS) is 15.2. The molecule has 7 aromatic rings. The molecule has 2 aliphatic rings. The van der Waals surface area contributed by atoms with Gasteiger partial charge in [-0.2, -0.15) is 0 Å². The Bertz CT molecular complexity index is 3340. The Morgan fingerprint density at radius 3 is 1.84 bits per heavy atom. The maximum absolute atomic E-state index is 15.4. The quantitative estimate of drug-likeness (QED) is 0.0196. The van der Waals surface area contributed by atoms with Crippen LogP contribution in [0.15, 0.2) is 182 Å². The van der Waals surface area contributed by atoms with Gasteiger partial charge < -0.3 is 38.6 Å². The molecular formula is C71H73IN2O12. The zero-order chi connectivity index (χ0) is 60.4. The van der Waals surface area contributed by atoms with Crippen molar-refractivity contribution in [1.29, 1.82) is 0 Å². The number of benzene rings is 7. The number of methoxy groups -OCH3 is 2. The lowest BCUT2D eigenvalue weighted by Crippen LogP contribution is -2.54. The molecule has 9 rings (SSSR count). The molecule has 0 spiro atoms. The maximum Gasteiger partial charge on any atom is 0.306 e. The molecule has 0 unspecified atom stereocenters. The summed E-state index contributed by atoms with van der Waals surface area (Å²) in [6.45, 7) is 2.25. The van der Waals surface area contributed by atoms with E-state index in [1.807, 2.05) is 170 Å². The summed E-state index contributed by atoms with van der Waals surface area (Å²) in [6.07, 6.45) is -0.381. The number of rotatable bonds is 30. The summed E-state index contributed by atoms with van der Waals surface area (Å²) >= 11 is 2.19. The van der Waals surface area contributed by atoms with Crippen LogP contribution in [0, 0.1) is 9.49 Å². The maximum atomic E-state index is 15.4. The van der Waals surface area contributed by atoms with Gasteiger partial charge in [0.1, 0.15) is 41.6 Å². The van der Waals surface area contributed by atoms with Gasteiger partial charge in [0.2, 0.25) is 11.8 Å². The van der Waals surface area contributed by atoms with Crippen molar-refractivity contribution < 1.29 is 57.2 Å². The number of esters is 2. The number of ketones is 2. The molecule has 1 saturated heterocycles. The number of halogens is 1. The highest BCUT2D eigenvalue weighted by Crippen LogP contribution is 2.45. The second-order valence-electron chi connectivity index (χ2n) is 21.7. The molecule has 1 fully saturated rings. The molecule has 0 aromatic heterocycles. The average Bonchev–Trinajstić information content (AvgIpc) is 1.28. The fraction of sp³-hybridized carbons (Fsp3) is 0.324. The molecule has 15 heteroatoms. The van der Waals surface area contributed by atoms with E-state index >= 15 is 4.79 Å². The van der Waals surface area contributed by atoms with Gasteiger partial charge in [0.15, 0.2) is 5.78 Å². The molecule has 1 aliphatic carbocycles. The predicted octanol–water partition coefficient (Wildman–Crippen LogP) is 11.6. The van der Waals surface area contributed by atoms with E-state index in [-0.39, 0.29) is 102 Å². The summed E-state index contributed by atoms with van der Waals surface area (Å²) < 4.78 is 37.0. The first-order chi connectivity index (χ1) is 41.9. The zero-order valence-electron chi connectivity index (χ0n) is 48.8. The zero-order valence-corrected chi connectivity index (χ0v) is 51.0. The number of fused-ring (bicyclic) bond motifs is 3. The fourth-order valence-electron chi connectivity index (χ4n) is 11.7. The Hall–Kier alpha value is -7.99. The molecule has 1 heterocycles. The monoisotopic (exact) mass is 1270 g/mol. The number of nitrogens with one attached hydrogen (secondary N) is 1. The van der Waals surface area contributed by atoms with E-state index in [0.29, 0.717) is 17.9 Å². The third-order valence-electron chi connectivity index (χ3n) is 16.1. The summed E-state index contributed by atoms with van der Waals surface area (Å²) in [5, 5.41) is 3.05. The van der Waals surface area contributed by atoms with E-state index in [2.05, 4.69) is 40.0 Å². The second kappa shape index (κ2) is 30.4. The van der Waals surface area contributed by atoms with Crippen molar-refractivity contribution in [2.24, 2.45) is 5.92 Å². The fourth-order valence-corrected chi connectivity index (χ4v) is 12.3. The van der Waals surface area contributed by atoms with Crippen LogP contribution in [0.5, 0.6) is 11.5 Å². The largest absolute Gasteiger partial charge is 0.497 e. The van der Waals surface area contributed by atoms with E-state index < -0.39 is 53.5 Å². The molecule has 86 heavy (non-hydrogen) atoms. The van der Waals surface area contributed by atoms with E-state index in [9.17, 15) is 24.0 Å². The van der Waals surface area contributed by atoms with Gasteiger partial charge in [-0.15, -0.1) is 0 Å². The van der Waals surface area contributed by atoms with Gasteiger partial charge in [0.05, 0.1) is 58.8 Å². The van der Waals surface area contributed by atoms with Crippen LogP contribution in [-0.2, 0) is 66.2 Å². The average molecular weight is 1270 g/mol. The minimum absolute atomic E-state index is 0.0124. The molecule has 7 aromatic carbocycles. The van der Waals surface area contributed by atoms with Crippen LogP contribution < -0.4 is 14.8 Å². The molecule has 14 nitrogen and oxygen atoms in total. The highest BCUT2D eigenvalue weighted by Gasteiger charge is 2.44. The van der Waals surface area contributed by atoms with Crippen LogP contribution in [0.4, 0.5) is 0 Å². The molecule has 1 aliphatic heterocycles. The molecule has 0 bridgehead atoms. The third-order valence-corrected chi connectivity index (χ3v) is 16.7. The summed E-state index contributed by atoms with van der Waals surface area (Å²) in [5.41, 5.74) is 7.47. The Kier molecular flexibility index (Phi) is 22.1. The first kappa shape index (κ1) is 62.5.